The van der Waals surface area contributed by atoms with E-state index in [-0.39, 0.29) is 5.54 Å². The maximum absolute atomic E-state index is 6.01. The summed E-state index contributed by atoms with van der Waals surface area (Å²) in [5, 5.41) is 4.52. The van der Waals surface area contributed by atoms with Crippen LogP contribution in [0.4, 0.5) is 5.13 Å². The zero-order chi connectivity index (χ0) is 13.0. The van der Waals surface area contributed by atoms with E-state index in [4.69, 9.17) is 5.73 Å². The van der Waals surface area contributed by atoms with Crippen molar-refractivity contribution in [3.05, 3.63) is 5.82 Å². The molecule has 1 saturated carbocycles. The molecule has 2 unspecified atom stereocenters. The smallest absolute Gasteiger partial charge is 0.203 e. The van der Waals surface area contributed by atoms with Crippen LogP contribution in [0, 0.1) is 5.92 Å². The van der Waals surface area contributed by atoms with E-state index >= 15 is 0 Å². The highest BCUT2D eigenvalue weighted by Gasteiger charge is 2.34. The maximum atomic E-state index is 6.01. The van der Waals surface area contributed by atoms with Gasteiger partial charge in [0.05, 0.1) is 5.54 Å². The molecule has 4 nitrogen and oxygen atoms in total. The number of nitrogens with zero attached hydrogens (tertiary/aromatic N) is 2. The molecule has 18 heavy (non-hydrogen) atoms. The molecule has 0 saturated heterocycles. The molecule has 2 rings (SSSR count). The van der Waals surface area contributed by atoms with E-state index in [1.807, 2.05) is 0 Å². The van der Waals surface area contributed by atoms with Gasteiger partial charge < -0.3 is 11.1 Å². The fourth-order valence-corrected chi connectivity index (χ4v) is 3.60. The predicted molar refractivity (Wildman–Crippen MR) is 76.9 cm³/mol. The third kappa shape index (κ3) is 3.20. The molecule has 0 aliphatic heterocycles. The average Bonchev–Trinajstić information content (AvgIpc) is 2.77. The van der Waals surface area contributed by atoms with Crippen LogP contribution in [-0.2, 0) is 6.42 Å². The van der Waals surface area contributed by atoms with Gasteiger partial charge in [0.1, 0.15) is 5.82 Å². The molecule has 1 aromatic heterocycles. The van der Waals surface area contributed by atoms with Gasteiger partial charge in [0.2, 0.25) is 5.13 Å². The van der Waals surface area contributed by atoms with Gasteiger partial charge in [0.25, 0.3) is 0 Å². The average molecular weight is 268 g/mol. The van der Waals surface area contributed by atoms with Crippen LogP contribution in [0.3, 0.4) is 0 Å². The topological polar surface area (TPSA) is 63.8 Å². The molecule has 0 aromatic carbocycles. The highest BCUT2D eigenvalue weighted by molar-refractivity contribution is 7.09. The van der Waals surface area contributed by atoms with Gasteiger partial charge >= 0.3 is 0 Å². The largest absolute Gasteiger partial charge is 0.354 e. The fraction of sp³-hybridized carbons (Fsp3) is 0.846. The van der Waals surface area contributed by atoms with Crippen LogP contribution in [0.1, 0.15) is 51.8 Å². The van der Waals surface area contributed by atoms with Crippen molar-refractivity contribution in [2.45, 2.75) is 57.9 Å². The molecule has 0 radical (unpaired) electrons. The third-order valence-electron chi connectivity index (χ3n) is 3.80. The summed E-state index contributed by atoms with van der Waals surface area (Å²) in [6, 6.07) is 0. The van der Waals surface area contributed by atoms with Crippen molar-refractivity contribution in [1.29, 1.82) is 0 Å². The van der Waals surface area contributed by atoms with Crippen LogP contribution in [0.5, 0.6) is 0 Å². The molecule has 102 valence electrons. The number of aryl methyl sites for hydroxylation is 1. The zero-order valence-electron chi connectivity index (χ0n) is 11.4. The number of anilines is 1. The Bertz CT molecular complexity index is 379. The number of nitrogens with two attached hydrogens (primary N) is 1. The molecule has 2 atom stereocenters. The number of hydrogen-bond acceptors (Lipinski definition) is 5. The van der Waals surface area contributed by atoms with E-state index in [9.17, 15) is 0 Å². The van der Waals surface area contributed by atoms with Crippen molar-refractivity contribution in [3.63, 3.8) is 0 Å². The Morgan fingerprint density at radius 2 is 2.39 bits per heavy atom. The monoisotopic (exact) mass is 268 g/mol. The number of hydrogen-bond donors (Lipinski definition) is 2. The van der Waals surface area contributed by atoms with E-state index in [1.54, 1.807) is 0 Å². The second kappa shape index (κ2) is 5.97. The lowest BCUT2D eigenvalue weighted by molar-refractivity contribution is 0.264. The highest BCUT2D eigenvalue weighted by Crippen LogP contribution is 2.34. The van der Waals surface area contributed by atoms with E-state index < -0.39 is 0 Å². The molecule has 5 heteroatoms. The van der Waals surface area contributed by atoms with Gasteiger partial charge in [0.15, 0.2) is 0 Å². The lowest BCUT2D eigenvalue weighted by Gasteiger charge is -2.39. The lowest BCUT2D eigenvalue weighted by atomic mass is 9.76. The number of rotatable bonds is 5. The first-order chi connectivity index (χ1) is 8.67. The minimum Gasteiger partial charge on any atom is -0.354 e. The standard InChI is InChI=1S/C13H24N4S/c1-3-5-11-15-12(18-17-11)16-13(9-14)7-4-6-10(2)8-13/h10H,3-9,14H2,1-2H3,(H,15,16,17). The summed E-state index contributed by atoms with van der Waals surface area (Å²) in [5.41, 5.74) is 6.05. The molecule has 0 amide bonds. The normalized spacial score (nSPS) is 28.3. The maximum Gasteiger partial charge on any atom is 0.203 e. The Morgan fingerprint density at radius 3 is 3.06 bits per heavy atom. The van der Waals surface area contributed by atoms with Crippen molar-refractivity contribution in [2.75, 3.05) is 11.9 Å². The first-order valence-corrected chi connectivity index (χ1v) is 7.75. The van der Waals surface area contributed by atoms with Crippen molar-refractivity contribution < 1.29 is 0 Å². The van der Waals surface area contributed by atoms with Crippen LogP contribution in [0.25, 0.3) is 0 Å². The van der Waals surface area contributed by atoms with E-state index in [0.29, 0.717) is 6.54 Å². The van der Waals surface area contributed by atoms with Crippen molar-refractivity contribution in [1.82, 2.24) is 9.36 Å². The molecule has 1 aliphatic rings. The van der Waals surface area contributed by atoms with Crippen LogP contribution < -0.4 is 11.1 Å². The van der Waals surface area contributed by atoms with Gasteiger partial charge in [-0.15, -0.1) is 0 Å². The summed E-state index contributed by atoms with van der Waals surface area (Å²) in [6.45, 7) is 5.15. The lowest BCUT2D eigenvalue weighted by Crippen LogP contribution is -2.48. The molecular formula is C13H24N4S. The van der Waals surface area contributed by atoms with Gasteiger partial charge in [-0.1, -0.05) is 26.7 Å². The van der Waals surface area contributed by atoms with E-state index in [2.05, 4.69) is 28.5 Å². The first kappa shape index (κ1) is 13.7. The van der Waals surface area contributed by atoms with Crippen LogP contribution >= 0.6 is 11.5 Å². The molecule has 1 fully saturated rings. The highest BCUT2D eigenvalue weighted by atomic mass is 32.1. The summed E-state index contributed by atoms with van der Waals surface area (Å²) < 4.78 is 4.38. The molecule has 1 heterocycles. The molecule has 1 aromatic rings. The summed E-state index contributed by atoms with van der Waals surface area (Å²) in [4.78, 5) is 4.55. The summed E-state index contributed by atoms with van der Waals surface area (Å²) in [5.74, 6) is 1.71. The van der Waals surface area contributed by atoms with E-state index in [1.165, 1.54) is 24.4 Å². The molecular weight excluding hydrogens is 244 g/mol. The van der Waals surface area contributed by atoms with Crippen molar-refractivity contribution in [2.24, 2.45) is 11.7 Å². The molecule has 0 spiro atoms. The van der Waals surface area contributed by atoms with E-state index in [0.717, 1.165) is 42.6 Å². The quantitative estimate of drug-likeness (QED) is 0.862. The molecule has 1 aliphatic carbocycles. The van der Waals surface area contributed by atoms with Crippen molar-refractivity contribution >= 4 is 16.7 Å². The fourth-order valence-electron chi connectivity index (χ4n) is 2.87. The number of nitrogens with one attached hydrogen (secondary N) is 1. The van der Waals surface area contributed by atoms with Gasteiger partial charge in [-0.25, -0.2) is 4.98 Å². The van der Waals surface area contributed by atoms with Gasteiger partial charge in [0, 0.05) is 24.5 Å². The first-order valence-electron chi connectivity index (χ1n) is 6.98. The zero-order valence-corrected chi connectivity index (χ0v) is 12.2. The summed E-state index contributed by atoms with van der Waals surface area (Å²) >= 11 is 1.47. The minimum atomic E-state index is 0.0423. The Morgan fingerprint density at radius 1 is 1.56 bits per heavy atom. The Hall–Kier alpha value is -0.680. The Balaban J connectivity index is 2.04. The van der Waals surface area contributed by atoms with Crippen LogP contribution in [0.15, 0.2) is 0 Å². The van der Waals surface area contributed by atoms with Crippen LogP contribution in [-0.4, -0.2) is 21.4 Å². The SMILES string of the molecule is CCCc1nsc(NC2(CN)CCCC(C)C2)n1. The second-order valence-corrected chi connectivity index (χ2v) is 6.33. The molecule has 0 bridgehead atoms. The van der Waals surface area contributed by atoms with Crippen molar-refractivity contribution in [3.8, 4) is 0 Å². The predicted octanol–water partition coefficient (Wildman–Crippen LogP) is 2.81. The number of aromatic nitrogens is 2. The molecule has 3 N–H and O–H groups in total. The Kier molecular flexibility index (Phi) is 4.56. The van der Waals surface area contributed by atoms with Gasteiger partial charge in [-0.2, -0.15) is 4.37 Å². The second-order valence-electron chi connectivity index (χ2n) is 5.58. The van der Waals surface area contributed by atoms with Crippen LogP contribution in [0.2, 0.25) is 0 Å². The minimum absolute atomic E-state index is 0.0423. The Labute approximate surface area is 114 Å². The van der Waals surface area contributed by atoms with Gasteiger partial charge in [-0.3, -0.25) is 0 Å². The third-order valence-corrected chi connectivity index (χ3v) is 4.46. The summed E-state index contributed by atoms with van der Waals surface area (Å²) in [6.07, 6.45) is 6.93. The van der Waals surface area contributed by atoms with Gasteiger partial charge in [-0.05, 0) is 25.2 Å². The summed E-state index contributed by atoms with van der Waals surface area (Å²) in [7, 11) is 0.